The zero-order valence-electron chi connectivity index (χ0n) is 8.37. The van der Waals surface area contributed by atoms with Crippen molar-refractivity contribution < 1.29 is 0 Å². The normalized spacial score (nSPS) is 12.4. The predicted molar refractivity (Wildman–Crippen MR) is 69.2 cm³/mol. The maximum atomic E-state index is 3.73. The Morgan fingerprint density at radius 3 is 2.57 bits per heavy atom. The summed E-state index contributed by atoms with van der Waals surface area (Å²) in [5, 5.41) is 0. The van der Waals surface area contributed by atoms with Gasteiger partial charge in [0.05, 0.1) is 4.16 Å². The lowest BCUT2D eigenvalue weighted by molar-refractivity contribution is 1.07. The van der Waals surface area contributed by atoms with Crippen LogP contribution in [0.3, 0.4) is 0 Å². The van der Waals surface area contributed by atoms with E-state index in [1.165, 1.54) is 10.5 Å². The van der Waals surface area contributed by atoms with E-state index in [1.807, 2.05) is 17.8 Å². The van der Waals surface area contributed by atoms with Crippen molar-refractivity contribution >= 4 is 27.7 Å². The minimum absolute atomic E-state index is 0.521. The summed E-state index contributed by atoms with van der Waals surface area (Å²) in [6, 6.07) is 8.68. The second kappa shape index (κ2) is 6.31. The molecule has 0 aliphatic carbocycles. The summed E-state index contributed by atoms with van der Waals surface area (Å²) in [7, 11) is 0. The minimum Gasteiger partial charge on any atom is -0.111 e. The molecule has 0 nitrogen and oxygen atoms in total. The molecule has 0 saturated carbocycles. The standard InChI is InChI=1S/C12H15BrS/c1-3-5-10-6-8-11(9-7-10)14-12(13)4-2/h3,6-9,12H,1,4-5H2,2H3. The molecule has 1 atom stereocenters. The van der Waals surface area contributed by atoms with Gasteiger partial charge in [-0.25, -0.2) is 0 Å². The lowest BCUT2D eigenvalue weighted by Crippen LogP contribution is -1.87. The lowest BCUT2D eigenvalue weighted by atomic mass is 10.2. The van der Waals surface area contributed by atoms with E-state index in [4.69, 9.17) is 0 Å². The van der Waals surface area contributed by atoms with Crippen LogP contribution in [-0.2, 0) is 6.42 Å². The van der Waals surface area contributed by atoms with Gasteiger partial charge in [-0.2, -0.15) is 0 Å². The quantitative estimate of drug-likeness (QED) is 0.427. The van der Waals surface area contributed by atoms with Crippen LogP contribution in [0.5, 0.6) is 0 Å². The summed E-state index contributed by atoms with van der Waals surface area (Å²) in [5.74, 6) is 0. The molecule has 0 amide bonds. The van der Waals surface area contributed by atoms with Gasteiger partial charge in [0.25, 0.3) is 0 Å². The van der Waals surface area contributed by atoms with Crippen molar-refractivity contribution in [1.82, 2.24) is 0 Å². The third-order valence-electron chi connectivity index (χ3n) is 1.89. The number of halogens is 1. The average molecular weight is 271 g/mol. The molecule has 76 valence electrons. The first-order chi connectivity index (χ1) is 6.76. The monoisotopic (exact) mass is 270 g/mol. The Bertz CT molecular complexity index is 279. The molecule has 0 bridgehead atoms. The highest BCUT2D eigenvalue weighted by Crippen LogP contribution is 2.29. The number of thioether (sulfide) groups is 1. The maximum absolute atomic E-state index is 3.73. The Labute approximate surface area is 98.9 Å². The number of rotatable bonds is 5. The fourth-order valence-corrected chi connectivity index (χ4v) is 2.50. The highest BCUT2D eigenvalue weighted by atomic mass is 79.9. The lowest BCUT2D eigenvalue weighted by Gasteiger charge is -2.06. The van der Waals surface area contributed by atoms with E-state index in [-0.39, 0.29) is 0 Å². The number of alkyl halides is 1. The second-order valence-corrected chi connectivity index (χ2v) is 6.06. The molecule has 0 radical (unpaired) electrons. The van der Waals surface area contributed by atoms with Crippen LogP contribution in [0.15, 0.2) is 41.8 Å². The zero-order chi connectivity index (χ0) is 10.4. The Hall–Kier alpha value is -0.210. The van der Waals surface area contributed by atoms with Gasteiger partial charge in [-0.15, -0.1) is 18.3 Å². The van der Waals surface area contributed by atoms with Crippen molar-refractivity contribution in [2.24, 2.45) is 0 Å². The van der Waals surface area contributed by atoms with Crippen molar-refractivity contribution in [1.29, 1.82) is 0 Å². The molecule has 14 heavy (non-hydrogen) atoms. The summed E-state index contributed by atoms with van der Waals surface area (Å²) < 4.78 is 0.521. The van der Waals surface area contributed by atoms with E-state index >= 15 is 0 Å². The number of hydrogen-bond acceptors (Lipinski definition) is 1. The Morgan fingerprint density at radius 1 is 1.43 bits per heavy atom. The average Bonchev–Trinajstić information content (AvgIpc) is 2.21. The molecule has 0 heterocycles. The van der Waals surface area contributed by atoms with E-state index in [9.17, 15) is 0 Å². The van der Waals surface area contributed by atoms with Crippen LogP contribution in [0.1, 0.15) is 18.9 Å². The number of hydrogen-bond donors (Lipinski definition) is 0. The Morgan fingerprint density at radius 2 is 2.07 bits per heavy atom. The van der Waals surface area contributed by atoms with Gasteiger partial charge in [-0.1, -0.05) is 41.1 Å². The zero-order valence-corrected chi connectivity index (χ0v) is 10.8. The van der Waals surface area contributed by atoms with E-state index in [2.05, 4.69) is 53.7 Å². The summed E-state index contributed by atoms with van der Waals surface area (Å²) >= 11 is 5.47. The van der Waals surface area contributed by atoms with E-state index in [1.54, 1.807) is 0 Å². The summed E-state index contributed by atoms with van der Waals surface area (Å²) in [4.78, 5) is 1.32. The van der Waals surface area contributed by atoms with Crippen molar-refractivity contribution in [3.8, 4) is 0 Å². The van der Waals surface area contributed by atoms with Crippen LogP contribution < -0.4 is 0 Å². The highest BCUT2D eigenvalue weighted by molar-refractivity contribution is 9.11. The van der Waals surface area contributed by atoms with E-state index < -0.39 is 0 Å². The van der Waals surface area contributed by atoms with Crippen LogP contribution in [0.4, 0.5) is 0 Å². The molecule has 0 spiro atoms. The molecule has 1 unspecified atom stereocenters. The van der Waals surface area contributed by atoms with Crippen LogP contribution in [-0.4, -0.2) is 4.16 Å². The fraction of sp³-hybridized carbons (Fsp3) is 0.333. The SMILES string of the molecule is C=CCc1ccc(SC(Br)CC)cc1. The molecule has 0 aliphatic heterocycles. The summed E-state index contributed by atoms with van der Waals surface area (Å²) in [5.41, 5.74) is 1.33. The van der Waals surface area contributed by atoms with Crippen molar-refractivity contribution in [2.75, 3.05) is 0 Å². The maximum Gasteiger partial charge on any atom is 0.0644 e. The fourth-order valence-electron chi connectivity index (χ4n) is 1.10. The van der Waals surface area contributed by atoms with E-state index in [0.717, 1.165) is 12.8 Å². The van der Waals surface area contributed by atoms with Gasteiger partial charge >= 0.3 is 0 Å². The third-order valence-corrected chi connectivity index (χ3v) is 4.23. The van der Waals surface area contributed by atoms with Crippen LogP contribution in [0.25, 0.3) is 0 Å². The topological polar surface area (TPSA) is 0 Å². The summed E-state index contributed by atoms with van der Waals surface area (Å²) in [6.07, 6.45) is 4.02. The van der Waals surface area contributed by atoms with Crippen molar-refractivity contribution in [2.45, 2.75) is 28.8 Å². The van der Waals surface area contributed by atoms with Crippen LogP contribution >= 0.6 is 27.7 Å². The van der Waals surface area contributed by atoms with E-state index in [0.29, 0.717) is 4.16 Å². The highest BCUT2D eigenvalue weighted by Gasteiger charge is 2.02. The van der Waals surface area contributed by atoms with Crippen LogP contribution in [0.2, 0.25) is 0 Å². The smallest absolute Gasteiger partial charge is 0.0644 e. The molecular formula is C12H15BrS. The molecule has 0 saturated heterocycles. The minimum atomic E-state index is 0.521. The van der Waals surface area contributed by atoms with Gasteiger partial charge in [-0.05, 0) is 30.5 Å². The van der Waals surface area contributed by atoms with Gasteiger partial charge in [0.1, 0.15) is 0 Å². The van der Waals surface area contributed by atoms with Gasteiger partial charge in [0, 0.05) is 4.90 Å². The van der Waals surface area contributed by atoms with Gasteiger partial charge in [0.2, 0.25) is 0 Å². The largest absolute Gasteiger partial charge is 0.111 e. The molecule has 0 aromatic heterocycles. The van der Waals surface area contributed by atoms with Gasteiger partial charge in [-0.3, -0.25) is 0 Å². The second-order valence-electron chi connectivity index (χ2n) is 3.07. The Kier molecular flexibility index (Phi) is 5.34. The van der Waals surface area contributed by atoms with Crippen molar-refractivity contribution in [3.05, 3.63) is 42.5 Å². The molecule has 0 N–H and O–H groups in total. The molecule has 0 aliphatic rings. The molecule has 0 fully saturated rings. The first-order valence-corrected chi connectivity index (χ1v) is 6.56. The first kappa shape index (κ1) is 11.9. The number of benzene rings is 1. The van der Waals surface area contributed by atoms with Gasteiger partial charge < -0.3 is 0 Å². The third kappa shape index (κ3) is 3.89. The number of allylic oxidation sites excluding steroid dienone is 1. The molecule has 1 aromatic rings. The van der Waals surface area contributed by atoms with Gasteiger partial charge in [0.15, 0.2) is 0 Å². The first-order valence-electron chi connectivity index (χ1n) is 4.76. The van der Waals surface area contributed by atoms with Crippen LogP contribution in [0, 0.1) is 0 Å². The molecule has 1 rings (SSSR count). The van der Waals surface area contributed by atoms with Crippen molar-refractivity contribution in [3.63, 3.8) is 0 Å². The molecular weight excluding hydrogens is 256 g/mol. The predicted octanol–water partition coefficient (Wildman–Crippen LogP) is 4.64. The molecule has 2 heteroatoms. The Balaban J connectivity index is 2.59. The summed E-state index contributed by atoms with van der Waals surface area (Å²) in [6.45, 7) is 5.91. The molecule has 1 aromatic carbocycles.